The number of hydrazone groups is 1. The first-order valence-electron chi connectivity index (χ1n) is 9.38. The molecule has 0 radical (unpaired) electrons. The fourth-order valence-electron chi connectivity index (χ4n) is 2.64. The molecule has 0 saturated carbocycles. The van der Waals surface area contributed by atoms with Crippen LogP contribution in [0.4, 0.5) is 0 Å². The lowest BCUT2D eigenvalue weighted by Gasteiger charge is -2.13. The van der Waals surface area contributed by atoms with Crippen LogP contribution in [0, 0.1) is 13.8 Å². The lowest BCUT2D eigenvalue weighted by molar-refractivity contribution is -0.118. The van der Waals surface area contributed by atoms with Gasteiger partial charge in [0.05, 0.1) is 26.0 Å². The number of ether oxygens (including phenoxy) is 3. The van der Waals surface area contributed by atoms with Crippen LogP contribution in [0.5, 0.6) is 17.2 Å². The highest BCUT2D eigenvalue weighted by atomic mass is 16.5. The monoisotopic (exact) mass is 384 g/mol. The number of nitrogens with one attached hydrogen (secondary N) is 1. The van der Waals surface area contributed by atoms with Gasteiger partial charge >= 0.3 is 0 Å². The number of nitrogens with zero attached hydrogens (tertiary/aromatic N) is 1. The second-order valence-electron chi connectivity index (χ2n) is 6.44. The molecule has 0 unspecified atom stereocenters. The number of carbonyl (C=O) groups excluding carboxylic acids is 1. The third-order valence-electron chi connectivity index (χ3n) is 3.71. The number of hydrogen-bond donors (Lipinski definition) is 1. The summed E-state index contributed by atoms with van der Waals surface area (Å²) in [6, 6.07) is 11.7. The van der Waals surface area contributed by atoms with Gasteiger partial charge in [0.1, 0.15) is 5.75 Å². The normalized spacial score (nSPS) is 10.7. The molecule has 28 heavy (non-hydrogen) atoms. The summed E-state index contributed by atoms with van der Waals surface area (Å²) in [6.07, 6.45) is 2.32. The highest BCUT2D eigenvalue weighted by Gasteiger charge is 2.06. The van der Waals surface area contributed by atoms with Gasteiger partial charge in [-0.3, -0.25) is 4.79 Å². The van der Waals surface area contributed by atoms with Crippen molar-refractivity contribution in [1.29, 1.82) is 0 Å². The van der Waals surface area contributed by atoms with Crippen LogP contribution in [0.2, 0.25) is 0 Å². The maximum Gasteiger partial charge on any atom is 0.236 e. The largest absolute Gasteiger partial charge is 0.493 e. The van der Waals surface area contributed by atoms with Crippen molar-refractivity contribution in [1.82, 2.24) is 5.43 Å². The molecule has 0 atom stereocenters. The Labute approximate surface area is 166 Å². The van der Waals surface area contributed by atoms with Crippen LogP contribution in [0.3, 0.4) is 0 Å². The molecule has 2 rings (SSSR count). The Bertz CT molecular complexity index is 798. The highest BCUT2D eigenvalue weighted by molar-refractivity contribution is 5.82. The van der Waals surface area contributed by atoms with Crippen LogP contribution in [0.25, 0.3) is 0 Å². The second kappa shape index (κ2) is 11.0. The quantitative estimate of drug-likeness (QED) is 0.382. The van der Waals surface area contributed by atoms with Gasteiger partial charge in [0, 0.05) is 13.3 Å². The Balaban J connectivity index is 1.86. The summed E-state index contributed by atoms with van der Waals surface area (Å²) in [6.45, 7) is 9.06. The number of carbonyl (C=O) groups is 1. The molecular formula is C22H28N2O4. The van der Waals surface area contributed by atoms with Gasteiger partial charge in [0.25, 0.3) is 0 Å². The van der Waals surface area contributed by atoms with Gasteiger partial charge in [0.2, 0.25) is 5.91 Å². The zero-order valence-electron chi connectivity index (χ0n) is 17.0. The minimum atomic E-state index is -0.218. The molecule has 150 valence electrons. The topological polar surface area (TPSA) is 69.2 Å². The van der Waals surface area contributed by atoms with E-state index in [0.29, 0.717) is 31.3 Å². The standard InChI is InChI=1S/C22H28N2O4/c1-5-26-22-14-19(15-23-24-18(4)25)7-8-21(22)28-10-6-9-27-20-12-16(2)11-17(3)13-20/h7-8,11-15H,5-6,9-10H2,1-4H3,(H,24,25)/b23-15+. The van der Waals surface area contributed by atoms with Crippen LogP contribution in [-0.4, -0.2) is 31.9 Å². The van der Waals surface area contributed by atoms with Crippen LogP contribution in [0.1, 0.15) is 37.0 Å². The van der Waals surface area contributed by atoms with E-state index in [1.54, 1.807) is 6.21 Å². The summed E-state index contributed by atoms with van der Waals surface area (Å²) in [5, 5.41) is 3.86. The van der Waals surface area contributed by atoms with Crippen molar-refractivity contribution >= 4 is 12.1 Å². The Morgan fingerprint density at radius 1 is 1.00 bits per heavy atom. The van der Waals surface area contributed by atoms with E-state index in [-0.39, 0.29) is 5.91 Å². The Morgan fingerprint density at radius 3 is 2.39 bits per heavy atom. The zero-order valence-corrected chi connectivity index (χ0v) is 17.0. The van der Waals surface area contributed by atoms with Crippen LogP contribution >= 0.6 is 0 Å². The van der Waals surface area contributed by atoms with E-state index in [9.17, 15) is 4.79 Å². The first kappa shape index (κ1) is 21.3. The minimum Gasteiger partial charge on any atom is -0.493 e. The summed E-state index contributed by atoms with van der Waals surface area (Å²) < 4.78 is 17.3. The second-order valence-corrected chi connectivity index (χ2v) is 6.44. The molecule has 0 aromatic heterocycles. The molecule has 0 saturated heterocycles. The Hall–Kier alpha value is -3.02. The van der Waals surface area contributed by atoms with Crippen molar-refractivity contribution in [2.75, 3.05) is 19.8 Å². The predicted octanol–water partition coefficient (Wildman–Crippen LogP) is 4.02. The van der Waals surface area contributed by atoms with Gasteiger partial charge in [0.15, 0.2) is 11.5 Å². The summed E-state index contributed by atoms with van der Waals surface area (Å²) in [4.78, 5) is 10.9. The number of hydrogen-bond acceptors (Lipinski definition) is 5. The van der Waals surface area contributed by atoms with Crippen molar-refractivity contribution in [2.24, 2.45) is 5.10 Å². The SMILES string of the molecule is CCOc1cc(/C=N/NC(C)=O)ccc1OCCCOc1cc(C)cc(C)c1. The molecule has 0 fully saturated rings. The fraction of sp³-hybridized carbons (Fsp3) is 0.364. The molecule has 1 amide bonds. The molecule has 0 bridgehead atoms. The van der Waals surface area contributed by atoms with E-state index in [4.69, 9.17) is 14.2 Å². The third kappa shape index (κ3) is 7.31. The molecule has 2 aromatic rings. The first-order valence-corrected chi connectivity index (χ1v) is 9.38. The van der Waals surface area contributed by atoms with Crippen LogP contribution < -0.4 is 19.6 Å². The van der Waals surface area contributed by atoms with Gasteiger partial charge < -0.3 is 14.2 Å². The van der Waals surface area contributed by atoms with E-state index in [2.05, 4.69) is 30.4 Å². The fourth-order valence-corrected chi connectivity index (χ4v) is 2.64. The first-order chi connectivity index (χ1) is 13.5. The van der Waals surface area contributed by atoms with Gasteiger partial charge in [-0.25, -0.2) is 5.43 Å². The maximum absolute atomic E-state index is 10.9. The molecule has 2 aromatic carbocycles. The van der Waals surface area contributed by atoms with Gasteiger partial charge in [-0.15, -0.1) is 0 Å². The Morgan fingerprint density at radius 2 is 1.71 bits per heavy atom. The van der Waals surface area contributed by atoms with Crippen molar-refractivity contribution in [3.8, 4) is 17.2 Å². The smallest absolute Gasteiger partial charge is 0.236 e. The Kier molecular flexibility index (Phi) is 8.34. The predicted molar refractivity (Wildman–Crippen MR) is 111 cm³/mol. The molecule has 0 aliphatic heterocycles. The van der Waals surface area contributed by atoms with Crippen molar-refractivity contribution in [3.05, 3.63) is 53.1 Å². The van der Waals surface area contributed by atoms with Gasteiger partial charge in [-0.2, -0.15) is 5.10 Å². The molecular weight excluding hydrogens is 356 g/mol. The van der Waals surface area contributed by atoms with E-state index in [1.165, 1.54) is 18.1 Å². The lowest BCUT2D eigenvalue weighted by Crippen LogP contribution is -2.12. The molecule has 6 heteroatoms. The molecule has 0 heterocycles. The van der Waals surface area contributed by atoms with E-state index in [1.807, 2.05) is 37.3 Å². The van der Waals surface area contributed by atoms with Crippen molar-refractivity contribution in [3.63, 3.8) is 0 Å². The van der Waals surface area contributed by atoms with Gasteiger partial charge in [-0.05, 0) is 67.8 Å². The average Bonchev–Trinajstić information content (AvgIpc) is 2.62. The zero-order chi connectivity index (χ0) is 20.4. The average molecular weight is 384 g/mol. The van der Waals surface area contributed by atoms with Gasteiger partial charge in [-0.1, -0.05) is 6.07 Å². The van der Waals surface area contributed by atoms with E-state index < -0.39 is 0 Å². The molecule has 6 nitrogen and oxygen atoms in total. The highest BCUT2D eigenvalue weighted by Crippen LogP contribution is 2.28. The summed E-state index contributed by atoms with van der Waals surface area (Å²) in [5.74, 6) is 1.98. The summed E-state index contributed by atoms with van der Waals surface area (Å²) >= 11 is 0. The number of benzene rings is 2. The third-order valence-corrected chi connectivity index (χ3v) is 3.71. The maximum atomic E-state index is 10.9. The summed E-state index contributed by atoms with van der Waals surface area (Å²) in [5.41, 5.74) is 5.56. The van der Waals surface area contributed by atoms with Crippen molar-refractivity contribution in [2.45, 2.75) is 34.1 Å². The van der Waals surface area contributed by atoms with E-state index in [0.717, 1.165) is 17.7 Å². The van der Waals surface area contributed by atoms with Crippen LogP contribution in [-0.2, 0) is 4.79 Å². The van der Waals surface area contributed by atoms with Crippen LogP contribution in [0.15, 0.2) is 41.5 Å². The van der Waals surface area contributed by atoms with Crippen molar-refractivity contribution < 1.29 is 19.0 Å². The molecule has 1 N–H and O–H groups in total. The molecule has 0 aliphatic carbocycles. The molecule has 0 aliphatic rings. The molecule has 0 spiro atoms. The minimum absolute atomic E-state index is 0.218. The summed E-state index contributed by atoms with van der Waals surface area (Å²) in [7, 11) is 0. The number of rotatable bonds is 10. The van der Waals surface area contributed by atoms with E-state index >= 15 is 0 Å². The number of aryl methyl sites for hydroxylation is 2. The number of amides is 1. The lowest BCUT2D eigenvalue weighted by atomic mass is 10.1.